The summed E-state index contributed by atoms with van der Waals surface area (Å²) >= 11 is 13.8. The van der Waals surface area contributed by atoms with Crippen LogP contribution in [0.15, 0.2) is 42.7 Å². The van der Waals surface area contributed by atoms with Crippen molar-refractivity contribution in [2.24, 2.45) is 7.05 Å². The highest BCUT2D eigenvalue weighted by Crippen LogP contribution is 2.26. The minimum Gasteiger partial charge on any atom is -0.350 e. The highest BCUT2D eigenvalue weighted by atomic mass is 35.5. The fraction of sp³-hybridized carbons (Fsp3) is 0.188. The van der Waals surface area contributed by atoms with Gasteiger partial charge in [0.1, 0.15) is 5.01 Å². The Hall–Kier alpha value is -1.33. The fourth-order valence-electron chi connectivity index (χ4n) is 2.20. The van der Waals surface area contributed by atoms with Crippen LogP contribution in [0, 0.1) is 0 Å². The third-order valence-electron chi connectivity index (χ3n) is 3.36. The summed E-state index contributed by atoms with van der Waals surface area (Å²) < 4.78 is 2.10. The summed E-state index contributed by atoms with van der Waals surface area (Å²) in [5.41, 5.74) is 2.22. The zero-order valence-electron chi connectivity index (χ0n) is 12.0. The molecule has 0 unspecified atom stereocenters. The van der Waals surface area contributed by atoms with Crippen molar-refractivity contribution in [2.45, 2.75) is 13.1 Å². The maximum atomic E-state index is 6.16. The van der Waals surface area contributed by atoms with Gasteiger partial charge in [-0.25, -0.2) is 4.98 Å². The first-order valence-electron chi connectivity index (χ1n) is 6.84. The van der Waals surface area contributed by atoms with E-state index in [4.69, 9.17) is 23.2 Å². The van der Waals surface area contributed by atoms with E-state index in [1.54, 1.807) is 17.4 Å². The SMILES string of the molecule is Cn1cccc1-c1cnc(CNCc2ccc(Cl)cc2Cl)s1. The lowest BCUT2D eigenvalue weighted by Crippen LogP contribution is -2.12. The van der Waals surface area contributed by atoms with Gasteiger partial charge in [0.25, 0.3) is 0 Å². The van der Waals surface area contributed by atoms with E-state index in [1.807, 2.05) is 37.6 Å². The van der Waals surface area contributed by atoms with Crippen molar-refractivity contribution in [2.75, 3.05) is 0 Å². The number of rotatable bonds is 5. The smallest absolute Gasteiger partial charge is 0.107 e. The van der Waals surface area contributed by atoms with Crippen LogP contribution in [0.4, 0.5) is 0 Å². The maximum Gasteiger partial charge on any atom is 0.107 e. The molecule has 1 aromatic carbocycles. The van der Waals surface area contributed by atoms with Gasteiger partial charge in [-0.1, -0.05) is 29.3 Å². The molecule has 1 N–H and O–H groups in total. The summed E-state index contributed by atoms with van der Waals surface area (Å²) in [4.78, 5) is 5.64. The maximum absolute atomic E-state index is 6.16. The molecule has 0 saturated carbocycles. The van der Waals surface area contributed by atoms with E-state index in [-0.39, 0.29) is 0 Å². The molecule has 0 bridgehead atoms. The molecular formula is C16H15Cl2N3S. The van der Waals surface area contributed by atoms with Crippen LogP contribution in [0.1, 0.15) is 10.6 Å². The predicted octanol–water partition coefficient (Wildman–Crippen LogP) is 4.75. The van der Waals surface area contributed by atoms with E-state index >= 15 is 0 Å². The van der Waals surface area contributed by atoms with E-state index in [9.17, 15) is 0 Å². The normalized spacial score (nSPS) is 11.0. The summed E-state index contributed by atoms with van der Waals surface area (Å²) in [6.07, 6.45) is 3.96. The van der Waals surface area contributed by atoms with Gasteiger partial charge in [-0.05, 0) is 29.8 Å². The van der Waals surface area contributed by atoms with Gasteiger partial charge in [-0.3, -0.25) is 0 Å². The van der Waals surface area contributed by atoms with Crippen LogP contribution in [-0.4, -0.2) is 9.55 Å². The Morgan fingerprint density at radius 2 is 2.09 bits per heavy atom. The number of hydrogen-bond donors (Lipinski definition) is 1. The lowest BCUT2D eigenvalue weighted by molar-refractivity contribution is 0.690. The summed E-state index contributed by atoms with van der Waals surface area (Å²) in [5.74, 6) is 0. The van der Waals surface area contributed by atoms with Crippen molar-refractivity contribution >= 4 is 34.5 Å². The van der Waals surface area contributed by atoms with E-state index < -0.39 is 0 Å². The lowest BCUT2D eigenvalue weighted by Gasteiger charge is -2.05. The number of thiazole rings is 1. The molecule has 0 radical (unpaired) electrons. The molecule has 2 aromatic heterocycles. The molecule has 114 valence electrons. The van der Waals surface area contributed by atoms with Crippen molar-refractivity contribution in [1.29, 1.82) is 0 Å². The average Bonchev–Trinajstić information content (AvgIpc) is 3.10. The molecule has 22 heavy (non-hydrogen) atoms. The van der Waals surface area contributed by atoms with Crippen LogP contribution in [0.2, 0.25) is 10.0 Å². The van der Waals surface area contributed by atoms with Crippen LogP contribution in [-0.2, 0) is 20.1 Å². The van der Waals surface area contributed by atoms with Crippen LogP contribution in [0.5, 0.6) is 0 Å². The highest BCUT2D eigenvalue weighted by molar-refractivity contribution is 7.15. The van der Waals surface area contributed by atoms with Gasteiger partial charge < -0.3 is 9.88 Å². The van der Waals surface area contributed by atoms with Crippen LogP contribution < -0.4 is 5.32 Å². The van der Waals surface area contributed by atoms with E-state index in [0.29, 0.717) is 23.1 Å². The zero-order valence-corrected chi connectivity index (χ0v) is 14.3. The first kappa shape index (κ1) is 15.6. The second kappa shape index (κ2) is 6.84. The first-order valence-corrected chi connectivity index (χ1v) is 8.42. The number of hydrogen-bond acceptors (Lipinski definition) is 3. The zero-order chi connectivity index (χ0) is 15.5. The first-order chi connectivity index (χ1) is 10.6. The van der Waals surface area contributed by atoms with Gasteiger partial charge in [-0.2, -0.15) is 0 Å². The monoisotopic (exact) mass is 351 g/mol. The predicted molar refractivity (Wildman–Crippen MR) is 93.5 cm³/mol. The molecule has 0 atom stereocenters. The summed E-state index contributed by atoms with van der Waals surface area (Å²) in [7, 11) is 2.04. The molecule has 0 aliphatic carbocycles. The number of benzene rings is 1. The van der Waals surface area contributed by atoms with Crippen molar-refractivity contribution in [3.05, 3.63) is 63.3 Å². The fourth-order valence-corrected chi connectivity index (χ4v) is 3.63. The Balaban J connectivity index is 1.61. The van der Waals surface area contributed by atoms with E-state index in [1.165, 1.54) is 10.6 Å². The molecule has 0 fully saturated rings. The number of aromatic nitrogens is 2. The van der Waals surface area contributed by atoms with Crippen molar-refractivity contribution in [3.63, 3.8) is 0 Å². The van der Waals surface area contributed by atoms with E-state index in [2.05, 4.69) is 20.9 Å². The van der Waals surface area contributed by atoms with Gasteiger partial charge >= 0.3 is 0 Å². The van der Waals surface area contributed by atoms with Gasteiger partial charge in [0, 0.05) is 42.6 Å². The summed E-state index contributed by atoms with van der Waals surface area (Å²) in [5, 5.41) is 5.76. The third kappa shape index (κ3) is 3.52. The van der Waals surface area contributed by atoms with Gasteiger partial charge in [0.2, 0.25) is 0 Å². The van der Waals surface area contributed by atoms with Crippen LogP contribution in [0.3, 0.4) is 0 Å². The molecule has 0 spiro atoms. The Bertz CT molecular complexity index is 779. The molecule has 0 saturated heterocycles. The Morgan fingerprint density at radius 3 is 2.82 bits per heavy atom. The quantitative estimate of drug-likeness (QED) is 0.718. The number of nitrogens with one attached hydrogen (secondary N) is 1. The third-order valence-corrected chi connectivity index (χ3v) is 4.96. The summed E-state index contributed by atoms with van der Waals surface area (Å²) in [6, 6.07) is 9.68. The largest absolute Gasteiger partial charge is 0.350 e. The van der Waals surface area contributed by atoms with Crippen LogP contribution >= 0.6 is 34.5 Å². The Labute approximate surface area is 143 Å². The highest BCUT2D eigenvalue weighted by Gasteiger charge is 2.07. The molecule has 6 heteroatoms. The Morgan fingerprint density at radius 1 is 1.23 bits per heavy atom. The van der Waals surface area contributed by atoms with Crippen molar-refractivity contribution in [1.82, 2.24) is 14.9 Å². The van der Waals surface area contributed by atoms with E-state index in [0.717, 1.165) is 10.6 Å². The summed E-state index contributed by atoms with van der Waals surface area (Å²) in [6.45, 7) is 1.41. The Kier molecular flexibility index (Phi) is 4.84. The average molecular weight is 352 g/mol. The molecule has 0 amide bonds. The van der Waals surface area contributed by atoms with Crippen LogP contribution in [0.25, 0.3) is 10.6 Å². The molecule has 0 aliphatic rings. The second-order valence-corrected chi connectivity index (χ2v) is 6.92. The van der Waals surface area contributed by atoms with Gasteiger partial charge in [0.05, 0.1) is 10.6 Å². The minimum atomic E-state index is 0.654. The second-order valence-electron chi connectivity index (χ2n) is 4.96. The minimum absolute atomic E-state index is 0.654. The molecule has 3 aromatic rings. The molecule has 2 heterocycles. The topological polar surface area (TPSA) is 29.9 Å². The van der Waals surface area contributed by atoms with Crippen molar-refractivity contribution in [3.8, 4) is 10.6 Å². The van der Waals surface area contributed by atoms with Crippen molar-refractivity contribution < 1.29 is 0 Å². The number of nitrogens with zero attached hydrogens (tertiary/aromatic N) is 2. The number of halogens is 2. The van der Waals surface area contributed by atoms with Gasteiger partial charge in [0.15, 0.2) is 0 Å². The van der Waals surface area contributed by atoms with Gasteiger partial charge in [-0.15, -0.1) is 11.3 Å². The standard InChI is InChI=1S/C16H15Cl2N3S/c1-21-6-2-3-14(21)15-9-20-16(22-15)10-19-8-11-4-5-12(17)7-13(11)18/h2-7,9,19H,8,10H2,1H3. The molecule has 3 nitrogen and oxygen atoms in total. The molecular weight excluding hydrogens is 337 g/mol. The molecule has 0 aliphatic heterocycles. The number of aryl methyl sites for hydroxylation is 1. The lowest BCUT2D eigenvalue weighted by atomic mass is 10.2. The molecule has 3 rings (SSSR count).